The van der Waals surface area contributed by atoms with Gasteiger partial charge in [0.1, 0.15) is 11.7 Å². The summed E-state index contributed by atoms with van der Waals surface area (Å²) in [5.41, 5.74) is 4.78. The van der Waals surface area contributed by atoms with E-state index in [1.807, 2.05) is 20.8 Å². The Morgan fingerprint density at radius 2 is 1.84 bits per heavy atom. The number of ether oxygens (including phenoxy) is 2. The van der Waals surface area contributed by atoms with Crippen molar-refractivity contribution in [1.29, 1.82) is 0 Å². The lowest BCUT2D eigenvalue weighted by Gasteiger charge is -2.58. The third-order valence-corrected chi connectivity index (χ3v) is 7.76. The van der Waals surface area contributed by atoms with Gasteiger partial charge in [-0.2, -0.15) is 0 Å². The summed E-state index contributed by atoms with van der Waals surface area (Å²) in [6.45, 7) is 10.6. The molecule has 4 bridgehead atoms. The van der Waals surface area contributed by atoms with Crippen LogP contribution in [0.25, 0.3) is 0 Å². The van der Waals surface area contributed by atoms with Crippen LogP contribution >= 0.6 is 0 Å². The van der Waals surface area contributed by atoms with Gasteiger partial charge >= 0.3 is 12.2 Å². The molecule has 2 N–H and O–H groups in total. The van der Waals surface area contributed by atoms with Crippen molar-refractivity contribution in [1.82, 2.24) is 9.80 Å². The van der Waals surface area contributed by atoms with Gasteiger partial charge in [-0.05, 0) is 77.0 Å². The van der Waals surface area contributed by atoms with Gasteiger partial charge in [0.25, 0.3) is 0 Å². The lowest BCUT2D eigenvalue weighted by molar-refractivity contribution is -0.161. The molecular formula is C24H37N3O5. The minimum absolute atomic E-state index is 0.132. The van der Waals surface area contributed by atoms with E-state index in [2.05, 4.69) is 6.58 Å². The third kappa shape index (κ3) is 4.33. The highest BCUT2D eigenvalue weighted by Gasteiger charge is 2.59. The molecule has 1 heterocycles. The van der Waals surface area contributed by atoms with Crippen molar-refractivity contribution in [3.63, 3.8) is 0 Å². The van der Waals surface area contributed by atoms with Crippen molar-refractivity contribution < 1.29 is 23.9 Å². The summed E-state index contributed by atoms with van der Waals surface area (Å²) in [4.78, 5) is 41.2. The van der Waals surface area contributed by atoms with Crippen LogP contribution in [0.1, 0.15) is 59.3 Å². The number of rotatable bonds is 5. The second-order valence-electron chi connectivity index (χ2n) is 11.3. The number of hydrogen-bond donors (Lipinski definition) is 1. The molecule has 4 saturated carbocycles. The number of nitrogens with zero attached hydrogens (tertiary/aromatic N) is 2. The van der Waals surface area contributed by atoms with Crippen LogP contribution in [0, 0.1) is 23.2 Å². The monoisotopic (exact) mass is 447 g/mol. The Labute approximate surface area is 190 Å². The van der Waals surface area contributed by atoms with E-state index >= 15 is 0 Å². The first-order chi connectivity index (χ1) is 15.0. The maximum absolute atomic E-state index is 13.0. The van der Waals surface area contributed by atoms with Crippen LogP contribution in [0.2, 0.25) is 0 Å². The number of hydrogen-bond acceptors (Lipinski definition) is 5. The second-order valence-corrected chi connectivity index (χ2v) is 11.3. The van der Waals surface area contributed by atoms with Gasteiger partial charge in [0.05, 0.1) is 11.5 Å². The highest BCUT2D eigenvalue weighted by molar-refractivity contribution is 5.81. The number of amides is 3. The van der Waals surface area contributed by atoms with Gasteiger partial charge in [0.2, 0.25) is 5.91 Å². The zero-order valence-electron chi connectivity index (χ0n) is 19.5. The summed E-state index contributed by atoms with van der Waals surface area (Å²) in [7, 11) is 0. The fraction of sp³-hybridized carbons (Fsp3) is 0.792. The highest BCUT2D eigenvalue weighted by atomic mass is 16.6. The number of carbonyl (C=O) groups excluding carboxylic acids is 3. The molecule has 0 aromatic heterocycles. The molecule has 1 saturated heterocycles. The van der Waals surface area contributed by atoms with Gasteiger partial charge in [-0.25, -0.2) is 9.59 Å². The normalized spacial score (nSPS) is 35.5. The van der Waals surface area contributed by atoms with Gasteiger partial charge in [-0.1, -0.05) is 6.08 Å². The lowest BCUT2D eigenvalue weighted by Crippen LogP contribution is -2.59. The number of primary amides is 1. The van der Waals surface area contributed by atoms with Crippen molar-refractivity contribution in [2.45, 2.75) is 77.0 Å². The second kappa shape index (κ2) is 8.27. The Kier molecular flexibility index (Phi) is 5.92. The number of nitrogens with two attached hydrogens (primary N) is 1. The zero-order valence-corrected chi connectivity index (χ0v) is 19.5. The molecule has 3 amide bonds. The van der Waals surface area contributed by atoms with Crippen LogP contribution in [0.3, 0.4) is 0 Å². The smallest absolute Gasteiger partial charge is 0.410 e. The van der Waals surface area contributed by atoms with Crippen LogP contribution in [0.5, 0.6) is 0 Å². The number of likely N-dealkylation sites (tertiary alicyclic amines) is 1. The van der Waals surface area contributed by atoms with E-state index in [4.69, 9.17) is 15.2 Å². The molecule has 5 rings (SSSR count). The summed E-state index contributed by atoms with van der Waals surface area (Å²) in [6.07, 6.45) is 5.89. The first-order valence-electron chi connectivity index (χ1n) is 11.9. The molecule has 8 heteroatoms. The largest absolute Gasteiger partial charge is 0.446 e. The van der Waals surface area contributed by atoms with Crippen LogP contribution < -0.4 is 5.73 Å². The Hall–Kier alpha value is -2.25. The van der Waals surface area contributed by atoms with Crippen LogP contribution in [0.15, 0.2) is 12.7 Å². The molecule has 5 fully saturated rings. The fourth-order valence-electron chi connectivity index (χ4n) is 6.66. The van der Waals surface area contributed by atoms with E-state index in [0.717, 1.165) is 32.1 Å². The van der Waals surface area contributed by atoms with Crippen molar-refractivity contribution in [2.24, 2.45) is 28.9 Å². The van der Waals surface area contributed by atoms with Gasteiger partial charge in [-0.3, -0.25) is 9.69 Å². The van der Waals surface area contributed by atoms with E-state index in [0.29, 0.717) is 32.0 Å². The maximum atomic E-state index is 13.0. The average molecular weight is 448 g/mol. The fourth-order valence-corrected chi connectivity index (χ4v) is 6.66. The molecule has 8 nitrogen and oxygen atoms in total. The van der Waals surface area contributed by atoms with Crippen molar-refractivity contribution in [2.75, 3.05) is 19.6 Å². The molecule has 178 valence electrons. The molecule has 5 aliphatic rings. The summed E-state index contributed by atoms with van der Waals surface area (Å²) in [5.74, 6) is 0.770. The standard InChI is InChI=1S/C24H37N3O5/c1-5-7-27(22(30)32-23(2,3)4)18-6-8-26(14-18)21(29)31-19-16-9-15-10-17(19)13-24(11-15,12-16)20(25)28/h5,15-19H,1,6-14H2,2-4H3,(H2,25,28)/t15?,16-,17?,18-,19?,24+/m1/s1. The van der Waals surface area contributed by atoms with Crippen LogP contribution in [-0.4, -0.2) is 65.3 Å². The Morgan fingerprint density at radius 3 is 2.41 bits per heavy atom. The van der Waals surface area contributed by atoms with Crippen LogP contribution in [0.4, 0.5) is 9.59 Å². The quantitative estimate of drug-likeness (QED) is 0.652. The van der Waals surface area contributed by atoms with Crippen molar-refractivity contribution in [3.8, 4) is 0 Å². The van der Waals surface area contributed by atoms with Crippen molar-refractivity contribution >= 4 is 18.1 Å². The molecule has 3 unspecified atom stereocenters. The van der Waals surface area contributed by atoms with Crippen molar-refractivity contribution in [3.05, 3.63) is 12.7 Å². The minimum atomic E-state index is -0.588. The molecule has 0 aromatic rings. The van der Waals surface area contributed by atoms with Gasteiger partial charge in [-0.15, -0.1) is 6.58 Å². The minimum Gasteiger partial charge on any atom is -0.446 e. The Morgan fingerprint density at radius 1 is 1.19 bits per heavy atom. The van der Waals surface area contributed by atoms with E-state index in [-0.39, 0.29) is 36.0 Å². The molecule has 4 aliphatic carbocycles. The summed E-state index contributed by atoms with van der Waals surface area (Å²) in [5, 5.41) is 0. The zero-order chi connectivity index (χ0) is 23.3. The predicted octanol–water partition coefficient (Wildman–Crippen LogP) is 3.30. The van der Waals surface area contributed by atoms with E-state index < -0.39 is 17.1 Å². The molecule has 0 spiro atoms. The molecule has 1 aliphatic heterocycles. The SMILES string of the molecule is C=CCN(C(=O)OC(C)(C)C)[C@@H]1CCN(C(=O)OC2C3CC4C[C@@H]2C[C@@](C(N)=O)(C4)C3)C1. The molecule has 0 radical (unpaired) electrons. The summed E-state index contributed by atoms with van der Waals surface area (Å²) >= 11 is 0. The first kappa shape index (κ1) is 22.9. The van der Waals surface area contributed by atoms with Crippen LogP contribution in [-0.2, 0) is 14.3 Å². The maximum Gasteiger partial charge on any atom is 0.410 e. The van der Waals surface area contributed by atoms with Gasteiger partial charge in [0, 0.05) is 19.6 Å². The topological polar surface area (TPSA) is 102 Å². The molecule has 0 aromatic carbocycles. The Bertz CT molecular complexity index is 775. The van der Waals surface area contributed by atoms with Gasteiger partial charge < -0.3 is 20.1 Å². The Balaban J connectivity index is 1.37. The lowest BCUT2D eigenvalue weighted by atomic mass is 9.48. The van der Waals surface area contributed by atoms with Gasteiger partial charge in [0.15, 0.2) is 0 Å². The van der Waals surface area contributed by atoms with E-state index in [1.54, 1.807) is 15.9 Å². The predicted molar refractivity (Wildman–Crippen MR) is 119 cm³/mol. The summed E-state index contributed by atoms with van der Waals surface area (Å²) in [6, 6.07) is -0.132. The average Bonchev–Trinajstić information content (AvgIpc) is 3.16. The molecular weight excluding hydrogens is 410 g/mol. The molecule has 32 heavy (non-hydrogen) atoms. The summed E-state index contributed by atoms with van der Waals surface area (Å²) < 4.78 is 11.6. The molecule has 6 atom stereocenters. The van der Waals surface area contributed by atoms with E-state index in [9.17, 15) is 14.4 Å². The first-order valence-corrected chi connectivity index (χ1v) is 11.9. The number of carbonyl (C=O) groups is 3. The highest BCUT2D eigenvalue weighted by Crippen LogP contribution is 2.60. The van der Waals surface area contributed by atoms with E-state index in [1.165, 1.54) is 0 Å². The third-order valence-electron chi connectivity index (χ3n) is 7.76.